The molecule has 4 amide bonds. The van der Waals surface area contributed by atoms with E-state index in [1.807, 2.05) is 12.1 Å². The van der Waals surface area contributed by atoms with Crippen LogP contribution in [-0.4, -0.2) is 126 Å². The molecule has 4 aromatic heterocycles. The van der Waals surface area contributed by atoms with E-state index in [4.69, 9.17) is 18.9 Å². The molecule has 4 heterocycles. The van der Waals surface area contributed by atoms with Gasteiger partial charge in [0, 0.05) is 60.1 Å². The Morgan fingerprint density at radius 1 is 0.477 bits per heavy atom. The molecule has 8 aromatic rings. The summed E-state index contributed by atoms with van der Waals surface area (Å²) in [6.07, 6.45) is -6.46. The minimum absolute atomic E-state index is 0.00733. The zero-order valence-electron chi connectivity index (χ0n) is 47.2. The number of urea groups is 1. The highest BCUT2D eigenvalue weighted by Crippen LogP contribution is 2.34. The molecular weight excluding hydrogens is 1160 g/mol. The second kappa shape index (κ2) is 29.3. The van der Waals surface area contributed by atoms with Gasteiger partial charge in [0.15, 0.2) is 0 Å². The third-order valence-corrected chi connectivity index (χ3v) is 13.4. The quantitative estimate of drug-likeness (QED) is 0.0301. The zero-order valence-corrected chi connectivity index (χ0v) is 47.2. The molecule has 4 aromatic carbocycles. The minimum atomic E-state index is -4.71. The Balaban J connectivity index is 0.726. The van der Waals surface area contributed by atoms with Crippen LogP contribution in [0.1, 0.15) is 54.4 Å². The van der Waals surface area contributed by atoms with Crippen molar-refractivity contribution in [3.8, 4) is 57.4 Å². The number of hydrogen-bond acceptors (Lipinski definition) is 13. The van der Waals surface area contributed by atoms with Crippen molar-refractivity contribution in [2.45, 2.75) is 26.2 Å². The van der Waals surface area contributed by atoms with Gasteiger partial charge in [0.1, 0.15) is 11.1 Å². The second-order valence-electron chi connectivity index (χ2n) is 19.2. The molecule has 0 saturated heterocycles. The van der Waals surface area contributed by atoms with E-state index in [0.29, 0.717) is 45.0 Å². The second-order valence-corrected chi connectivity index (χ2v) is 19.2. The highest BCUT2D eigenvalue weighted by Gasteiger charge is 2.33. The molecule has 0 saturated carbocycles. The number of rotatable bonds is 26. The normalized spacial score (nSPS) is 11.4. The summed E-state index contributed by atoms with van der Waals surface area (Å²) >= 11 is 0. The first-order valence-corrected chi connectivity index (χ1v) is 27.2. The van der Waals surface area contributed by atoms with Gasteiger partial charge >= 0.3 is 18.4 Å². The Morgan fingerprint density at radius 3 is 1.17 bits per heavy atom. The number of aromatic nitrogens is 6. The number of benzene rings is 4. The van der Waals surface area contributed by atoms with Gasteiger partial charge in [0.05, 0.1) is 122 Å². The molecule has 0 aliphatic carbocycles. The number of pyridine rings is 2. The van der Waals surface area contributed by atoms with Crippen LogP contribution in [0.2, 0.25) is 0 Å². The maximum atomic E-state index is 14.0. The fourth-order valence-electron chi connectivity index (χ4n) is 9.14. The van der Waals surface area contributed by atoms with Gasteiger partial charge < -0.3 is 40.2 Å². The fourth-order valence-corrected chi connectivity index (χ4v) is 9.14. The molecule has 21 nitrogen and oxygen atoms in total. The number of alkyl halides is 6. The topological polar surface area (TPSA) is 263 Å². The van der Waals surface area contributed by atoms with E-state index in [9.17, 15) is 60.8 Å². The van der Waals surface area contributed by atoms with E-state index in [1.165, 1.54) is 58.2 Å². The Bertz CT molecular complexity index is 3740. The van der Waals surface area contributed by atoms with E-state index in [0.717, 1.165) is 33.4 Å². The summed E-state index contributed by atoms with van der Waals surface area (Å²) in [5, 5.41) is 37.8. The van der Waals surface area contributed by atoms with Crippen molar-refractivity contribution in [1.82, 2.24) is 50.0 Å². The van der Waals surface area contributed by atoms with E-state index in [2.05, 4.69) is 31.5 Å². The summed E-state index contributed by atoms with van der Waals surface area (Å²) in [6, 6.07) is 30.9. The van der Waals surface area contributed by atoms with Gasteiger partial charge in [0.2, 0.25) is 0 Å². The number of hydrogen-bond donors (Lipinski definition) is 4. The molecule has 456 valence electrons. The maximum Gasteiger partial charge on any atom is 0.416 e. The molecule has 0 spiro atoms. The molecule has 0 fully saturated rings. The summed E-state index contributed by atoms with van der Waals surface area (Å²) in [4.78, 5) is 67.5. The molecule has 0 atom stereocenters. The van der Waals surface area contributed by atoms with Gasteiger partial charge in [-0.25, -0.2) is 14.2 Å². The third-order valence-electron chi connectivity index (χ3n) is 13.4. The molecule has 8 rings (SSSR count). The van der Waals surface area contributed by atoms with Crippen LogP contribution in [0.25, 0.3) is 45.3 Å². The van der Waals surface area contributed by atoms with Crippen LogP contribution >= 0.6 is 0 Å². The largest absolute Gasteiger partial charge is 0.416 e. The average molecular weight is 1220 g/mol. The molecule has 0 aliphatic heterocycles. The van der Waals surface area contributed by atoms with Crippen LogP contribution in [-0.2, 0) is 31.3 Å². The summed E-state index contributed by atoms with van der Waals surface area (Å²) in [5.41, 5.74) is -0.842. The number of nitrogens with zero attached hydrogens (tertiary/aromatic N) is 8. The lowest BCUT2D eigenvalue weighted by atomic mass is 10.0. The first-order valence-electron chi connectivity index (χ1n) is 27.2. The fraction of sp³-hybridized carbons (Fsp3) is 0.262. The van der Waals surface area contributed by atoms with Gasteiger partial charge in [-0.2, -0.15) is 47.1 Å². The molecular formula is C61H56F6N12O9. The molecule has 0 unspecified atom stereocenters. The Labute approximate surface area is 498 Å². The number of carbonyl (C=O) groups is 3. The van der Waals surface area contributed by atoms with Gasteiger partial charge in [-0.1, -0.05) is 12.1 Å². The molecule has 4 N–H and O–H groups in total. The lowest BCUT2D eigenvalue weighted by Crippen LogP contribution is -2.39. The highest BCUT2D eigenvalue weighted by molar-refractivity contribution is 5.96. The number of halogens is 6. The molecule has 0 radical (unpaired) electrons. The minimum Gasteiger partial charge on any atom is -0.377 e. The third kappa shape index (κ3) is 15.8. The van der Waals surface area contributed by atoms with Crippen LogP contribution in [0.15, 0.2) is 143 Å². The highest BCUT2D eigenvalue weighted by atomic mass is 19.4. The van der Waals surface area contributed by atoms with Gasteiger partial charge in [-0.3, -0.25) is 28.3 Å². The van der Waals surface area contributed by atoms with Crippen molar-refractivity contribution in [3.05, 3.63) is 199 Å². The SMILES string of the molecule is Cc1c(-c2ccnn2-c2ccc(C#N)cc2)cc(C(=O)NCCOCCOCCNC(=O)NCCOCCOCCNC(=O)c2cc(-c3ccnn3-c3ccc(C#N)cc3)c(C)n(-c3cccc(C(F)(F)F)c3)c2=O)c(=O)n1-c1cccc(C(F)(F)F)c1. The lowest BCUT2D eigenvalue weighted by molar-refractivity contribution is -0.138. The predicted octanol–water partition coefficient (Wildman–Crippen LogP) is 7.62. The Kier molecular flexibility index (Phi) is 21.2. The number of amides is 4. The predicted molar refractivity (Wildman–Crippen MR) is 307 cm³/mol. The van der Waals surface area contributed by atoms with Crippen molar-refractivity contribution >= 4 is 17.8 Å². The summed E-state index contributed by atoms with van der Waals surface area (Å²) < 4.78 is 110. The van der Waals surface area contributed by atoms with E-state index < -0.39 is 52.4 Å². The smallest absolute Gasteiger partial charge is 0.377 e. The van der Waals surface area contributed by atoms with Crippen molar-refractivity contribution < 1.29 is 59.7 Å². The van der Waals surface area contributed by atoms with E-state index in [-0.39, 0.29) is 113 Å². The standard InChI is InChI=1S/C61H56F6N12O9/c1-39-49(53-17-19-74-78(53)45-13-9-41(37-68)10-14-45)35-51(57(82)76(39)47-7-3-5-43(33-47)60(62,63)64)55(80)70-21-25-85-29-31-87-27-23-72-59(84)73-24-28-88-32-30-86-26-22-71-56(81)52-36-50(54-18-20-75-79(54)46-15-11-42(38-69)12-16-46)40(2)77(58(52)83)48-8-4-6-44(34-48)61(65,66)67/h3-20,33-36H,21-32H2,1-2H3,(H,70,80)(H,71,81)(H2,72,73,84). The number of nitriles is 2. The summed E-state index contributed by atoms with van der Waals surface area (Å²) in [5.74, 6) is -1.61. The number of nitrogens with one attached hydrogen (secondary N) is 4. The molecule has 0 bridgehead atoms. The van der Waals surface area contributed by atoms with Gasteiger partial charge in [-0.15, -0.1) is 0 Å². The van der Waals surface area contributed by atoms with Crippen LogP contribution in [0.3, 0.4) is 0 Å². The van der Waals surface area contributed by atoms with Gasteiger partial charge in [-0.05, 0) is 123 Å². The van der Waals surface area contributed by atoms with Crippen molar-refractivity contribution in [2.75, 3.05) is 79.0 Å². The zero-order chi connectivity index (χ0) is 63.0. The molecule has 88 heavy (non-hydrogen) atoms. The Hall–Kier alpha value is -10.2. The van der Waals surface area contributed by atoms with Crippen molar-refractivity contribution in [3.63, 3.8) is 0 Å². The number of carbonyl (C=O) groups excluding carboxylic acids is 3. The molecule has 27 heteroatoms. The van der Waals surface area contributed by atoms with Crippen LogP contribution in [0.5, 0.6) is 0 Å². The maximum absolute atomic E-state index is 14.0. The van der Waals surface area contributed by atoms with Gasteiger partial charge in [0.25, 0.3) is 22.9 Å². The van der Waals surface area contributed by atoms with Crippen LogP contribution in [0.4, 0.5) is 31.1 Å². The van der Waals surface area contributed by atoms with E-state index >= 15 is 0 Å². The summed E-state index contributed by atoms with van der Waals surface area (Å²) in [6.45, 7) is 4.07. The summed E-state index contributed by atoms with van der Waals surface area (Å²) in [7, 11) is 0. The van der Waals surface area contributed by atoms with Crippen LogP contribution < -0.4 is 32.4 Å². The average Bonchev–Trinajstić information content (AvgIpc) is 1.58. The monoisotopic (exact) mass is 1210 g/mol. The lowest BCUT2D eigenvalue weighted by Gasteiger charge is -2.19. The first kappa shape index (κ1) is 63.8. The van der Waals surface area contributed by atoms with Crippen LogP contribution in [0, 0.1) is 36.5 Å². The first-order chi connectivity index (χ1) is 42.3. The number of ether oxygens (including phenoxy) is 4. The van der Waals surface area contributed by atoms with Crippen molar-refractivity contribution in [2.24, 2.45) is 0 Å². The van der Waals surface area contributed by atoms with Crippen molar-refractivity contribution in [1.29, 1.82) is 10.5 Å². The molecule has 0 aliphatic rings. The van der Waals surface area contributed by atoms with E-state index in [1.54, 1.807) is 74.5 Å². The Morgan fingerprint density at radius 2 is 0.830 bits per heavy atom.